The van der Waals surface area contributed by atoms with Gasteiger partial charge >= 0.3 is 0 Å². The third-order valence-corrected chi connectivity index (χ3v) is 4.06. The third kappa shape index (κ3) is 4.25. The molecule has 0 saturated carbocycles. The number of benzene rings is 1. The molecule has 0 spiro atoms. The van der Waals surface area contributed by atoms with Crippen LogP contribution in [0, 0.1) is 0 Å². The van der Waals surface area contributed by atoms with Gasteiger partial charge in [0.2, 0.25) is 0 Å². The highest BCUT2D eigenvalue weighted by atomic mass is 32.2. The Labute approximate surface area is 108 Å². The highest BCUT2D eigenvalue weighted by Gasteiger charge is 2.15. The van der Waals surface area contributed by atoms with Crippen molar-refractivity contribution in [2.75, 3.05) is 11.5 Å². The van der Waals surface area contributed by atoms with Crippen LogP contribution in [0.3, 0.4) is 0 Å². The first-order valence-electron chi connectivity index (χ1n) is 6.33. The number of hydrogen-bond acceptors (Lipinski definition) is 3. The summed E-state index contributed by atoms with van der Waals surface area (Å²) in [5.74, 6) is 3.40. The van der Waals surface area contributed by atoms with E-state index in [4.69, 9.17) is 10.5 Å². The predicted molar refractivity (Wildman–Crippen MR) is 74.8 cm³/mol. The van der Waals surface area contributed by atoms with E-state index in [1.54, 1.807) is 0 Å². The zero-order valence-electron chi connectivity index (χ0n) is 10.4. The van der Waals surface area contributed by atoms with E-state index < -0.39 is 0 Å². The van der Waals surface area contributed by atoms with Gasteiger partial charge in [-0.1, -0.05) is 12.1 Å². The van der Waals surface area contributed by atoms with Gasteiger partial charge in [-0.05, 0) is 49.6 Å². The van der Waals surface area contributed by atoms with Crippen LogP contribution in [0.1, 0.15) is 25.3 Å². The molecule has 1 aliphatic rings. The summed E-state index contributed by atoms with van der Waals surface area (Å²) in [5.41, 5.74) is 7.08. The minimum Gasteiger partial charge on any atom is -0.490 e. The van der Waals surface area contributed by atoms with Crippen molar-refractivity contribution in [2.45, 2.75) is 38.3 Å². The van der Waals surface area contributed by atoms with Gasteiger partial charge < -0.3 is 10.5 Å². The maximum Gasteiger partial charge on any atom is 0.120 e. The topological polar surface area (TPSA) is 35.2 Å². The molecule has 0 radical (unpaired) electrons. The first-order valence-corrected chi connectivity index (χ1v) is 7.48. The lowest BCUT2D eigenvalue weighted by Gasteiger charge is -2.23. The molecule has 0 aliphatic carbocycles. The Morgan fingerprint density at radius 3 is 3.12 bits per heavy atom. The second-order valence-electron chi connectivity index (χ2n) is 4.79. The van der Waals surface area contributed by atoms with Crippen LogP contribution >= 0.6 is 11.8 Å². The van der Waals surface area contributed by atoms with Crippen molar-refractivity contribution in [1.29, 1.82) is 0 Å². The smallest absolute Gasteiger partial charge is 0.120 e. The molecule has 0 amide bonds. The van der Waals surface area contributed by atoms with Crippen molar-refractivity contribution < 1.29 is 4.74 Å². The molecule has 1 aliphatic heterocycles. The van der Waals surface area contributed by atoms with Crippen molar-refractivity contribution in [2.24, 2.45) is 5.73 Å². The van der Waals surface area contributed by atoms with Gasteiger partial charge in [0.25, 0.3) is 0 Å². The summed E-state index contributed by atoms with van der Waals surface area (Å²) in [7, 11) is 0. The van der Waals surface area contributed by atoms with Crippen LogP contribution in [0.4, 0.5) is 0 Å². The summed E-state index contributed by atoms with van der Waals surface area (Å²) in [6, 6.07) is 8.55. The minimum absolute atomic E-state index is 0.204. The molecule has 1 saturated heterocycles. The molecule has 2 unspecified atom stereocenters. The van der Waals surface area contributed by atoms with Gasteiger partial charge in [0, 0.05) is 11.8 Å². The Morgan fingerprint density at radius 1 is 1.53 bits per heavy atom. The molecule has 17 heavy (non-hydrogen) atoms. The number of ether oxygens (including phenoxy) is 1. The lowest BCUT2D eigenvalue weighted by atomic mass is 10.1. The molecule has 1 heterocycles. The summed E-state index contributed by atoms with van der Waals surface area (Å²) < 4.78 is 6.02. The van der Waals surface area contributed by atoms with E-state index in [-0.39, 0.29) is 6.04 Å². The van der Waals surface area contributed by atoms with Crippen LogP contribution in [0.5, 0.6) is 5.75 Å². The fraction of sp³-hybridized carbons (Fsp3) is 0.571. The summed E-state index contributed by atoms with van der Waals surface area (Å²) in [6.45, 7) is 2.03. The van der Waals surface area contributed by atoms with Crippen molar-refractivity contribution in [3.63, 3.8) is 0 Å². The van der Waals surface area contributed by atoms with Crippen LogP contribution in [0.25, 0.3) is 0 Å². The van der Waals surface area contributed by atoms with Crippen LogP contribution in [-0.4, -0.2) is 23.7 Å². The number of thioether (sulfide) groups is 1. The number of hydrogen-bond donors (Lipinski definition) is 1. The maximum atomic E-state index is 6.02. The van der Waals surface area contributed by atoms with E-state index in [0.717, 1.165) is 17.9 Å². The van der Waals surface area contributed by atoms with E-state index in [9.17, 15) is 0 Å². The molecule has 0 aromatic heterocycles. The van der Waals surface area contributed by atoms with E-state index in [1.807, 2.05) is 24.8 Å². The van der Waals surface area contributed by atoms with Crippen molar-refractivity contribution in [1.82, 2.24) is 0 Å². The molecule has 94 valence electrons. The molecule has 1 fully saturated rings. The predicted octanol–water partition coefficient (Wildman–Crippen LogP) is 2.85. The highest BCUT2D eigenvalue weighted by Crippen LogP contribution is 2.23. The van der Waals surface area contributed by atoms with Gasteiger partial charge in [-0.15, -0.1) is 0 Å². The van der Waals surface area contributed by atoms with Crippen molar-refractivity contribution in [3.8, 4) is 5.75 Å². The molecule has 2 rings (SSSR count). The Balaban J connectivity index is 1.95. The van der Waals surface area contributed by atoms with Gasteiger partial charge in [-0.25, -0.2) is 0 Å². The molecule has 1 aromatic carbocycles. The summed E-state index contributed by atoms with van der Waals surface area (Å²) >= 11 is 1.99. The molecule has 1 aromatic rings. The zero-order chi connectivity index (χ0) is 12.1. The van der Waals surface area contributed by atoms with Crippen molar-refractivity contribution >= 4 is 11.8 Å². The zero-order valence-corrected chi connectivity index (χ0v) is 11.2. The molecule has 2 atom stereocenters. The lowest BCUT2D eigenvalue weighted by Crippen LogP contribution is -2.23. The maximum absolute atomic E-state index is 6.02. The average Bonchev–Trinajstić information content (AvgIpc) is 2.30. The quantitative estimate of drug-likeness (QED) is 0.893. The second-order valence-corrected chi connectivity index (χ2v) is 5.94. The standard InChI is InChI=1S/C14H21NOS/c1-11(15)8-12-4-2-5-13(9-12)16-14-6-3-7-17-10-14/h2,4-5,9,11,14H,3,6-8,10,15H2,1H3. The first-order chi connectivity index (χ1) is 8.24. The normalized spacial score (nSPS) is 22.1. The molecular weight excluding hydrogens is 230 g/mol. The Morgan fingerprint density at radius 2 is 2.41 bits per heavy atom. The SMILES string of the molecule is CC(N)Cc1cccc(OC2CCCSC2)c1. The number of rotatable bonds is 4. The van der Waals surface area contributed by atoms with E-state index in [1.165, 1.54) is 24.2 Å². The molecule has 2 nitrogen and oxygen atoms in total. The van der Waals surface area contributed by atoms with Crippen molar-refractivity contribution in [3.05, 3.63) is 29.8 Å². The summed E-state index contributed by atoms with van der Waals surface area (Å²) in [5, 5.41) is 0. The largest absolute Gasteiger partial charge is 0.490 e. The Bertz CT molecular complexity index is 348. The van der Waals surface area contributed by atoms with Crippen LogP contribution in [0.2, 0.25) is 0 Å². The van der Waals surface area contributed by atoms with Gasteiger partial charge in [0.1, 0.15) is 11.9 Å². The third-order valence-electron chi connectivity index (χ3n) is 2.88. The van der Waals surface area contributed by atoms with Gasteiger partial charge in [0.15, 0.2) is 0 Å². The van der Waals surface area contributed by atoms with E-state index in [2.05, 4.69) is 18.2 Å². The van der Waals surface area contributed by atoms with E-state index >= 15 is 0 Å². The van der Waals surface area contributed by atoms with Crippen LogP contribution in [-0.2, 0) is 6.42 Å². The minimum atomic E-state index is 0.204. The molecular formula is C14H21NOS. The summed E-state index contributed by atoms with van der Waals surface area (Å²) in [4.78, 5) is 0. The second kappa shape index (κ2) is 6.31. The molecule has 3 heteroatoms. The van der Waals surface area contributed by atoms with Gasteiger partial charge in [-0.3, -0.25) is 0 Å². The lowest BCUT2D eigenvalue weighted by molar-refractivity contribution is 0.211. The van der Waals surface area contributed by atoms with Crippen LogP contribution in [0.15, 0.2) is 24.3 Å². The molecule has 2 N–H and O–H groups in total. The Kier molecular flexibility index (Phi) is 4.75. The monoisotopic (exact) mass is 251 g/mol. The van der Waals surface area contributed by atoms with E-state index in [0.29, 0.717) is 6.10 Å². The number of nitrogens with two attached hydrogens (primary N) is 1. The fourth-order valence-electron chi connectivity index (χ4n) is 2.11. The van der Waals surface area contributed by atoms with Gasteiger partial charge in [-0.2, -0.15) is 11.8 Å². The highest BCUT2D eigenvalue weighted by molar-refractivity contribution is 7.99. The average molecular weight is 251 g/mol. The first kappa shape index (κ1) is 12.8. The summed E-state index contributed by atoms with van der Waals surface area (Å²) in [6.07, 6.45) is 3.76. The fourth-order valence-corrected chi connectivity index (χ4v) is 3.15. The van der Waals surface area contributed by atoms with Gasteiger partial charge in [0.05, 0.1) is 0 Å². The molecule has 0 bridgehead atoms. The van der Waals surface area contributed by atoms with Crippen LogP contribution < -0.4 is 10.5 Å². The Hall–Kier alpha value is -0.670.